The van der Waals surface area contributed by atoms with Crippen LogP contribution in [0.3, 0.4) is 0 Å². The van der Waals surface area contributed by atoms with E-state index >= 15 is 0 Å². The molecule has 1 aliphatic rings. The van der Waals surface area contributed by atoms with Crippen LogP contribution in [0.25, 0.3) is 132 Å². The van der Waals surface area contributed by atoms with Crippen molar-refractivity contribution >= 4 is 75.4 Å². The van der Waals surface area contributed by atoms with Crippen LogP contribution in [0, 0.1) is 0 Å². The zero-order valence-corrected chi connectivity index (χ0v) is 41.6. The molecule has 0 spiro atoms. The summed E-state index contributed by atoms with van der Waals surface area (Å²) in [6.07, 6.45) is 0. The van der Waals surface area contributed by atoms with Crippen LogP contribution in [0.1, 0.15) is 22.3 Å². The van der Waals surface area contributed by atoms with Gasteiger partial charge in [0, 0.05) is 52.8 Å². The lowest BCUT2D eigenvalue weighted by molar-refractivity contribution is 0.668. The van der Waals surface area contributed by atoms with Crippen molar-refractivity contribution in [1.82, 2.24) is 15.0 Å². The average molecular weight is 988 g/mol. The molecule has 4 heterocycles. The molecule has 0 N–H and O–H groups in total. The summed E-state index contributed by atoms with van der Waals surface area (Å²) >= 11 is 1.78. The lowest BCUT2D eigenvalue weighted by atomic mass is 9.67. The fourth-order valence-electron chi connectivity index (χ4n) is 12.3. The molecule has 0 saturated carbocycles. The number of para-hydroxylation sites is 2. The van der Waals surface area contributed by atoms with Crippen molar-refractivity contribution in [3.05, 3.63) is 271 Å². The maximum absolute atomic E-state index is 6.65. The van der Waals surface area contributed by atoms with Crippen LogP contribution >= 0.6 is 11.3 Å². The SMILES string of the molecule is c1ccc(C2(c3ccccc3)c3ccccc3-c3ccc(-c4ccc(-c5ccc6oc7cccc(-c8nc(-c9cccc%10c9oc9ccccc9%10)nc(-c9cccc%10sc%11ccccc%11c9%10)n8)c7c6c5)cc4)cc32)cc1. The van der Waals surface area contributed by atoms with E-state index in [2.05, 4.69) is 212 Å². The summed E-state index contributed by atoms with van der Waals surface area (Å²) in [7, 11) is 0. The van der Waals surface area contributed by atoms with E-state index in [-0.39, 0.29) is 0 Å². The lowest BCUT2D eigenvalue weighted by Gasteiger charge is -2.34. The molecule has 15 aromatic rings. The van der Waals surface area contributed by atoms with E-state index in [1.165, 1.54) is 53.7 Å². The van der Waals surface area contributed by atoms with Gasteiger partial charge >= 0.3 is 0 Å². The maximum atomic E-state index is 6.65. The minimum atomic E-state index is -0.466. The van der Waals surface area contributed by atoms with Gasteiger partial charge in [-0.3, -0.25) is 0 Å². The van der Waals surface area contributed by atoms with Crippen molar-refractivity contribution in [2.24, 2.45) is 0 Å². The van der Waals surface area contributed by atoms with Gasteiger partial charge in [-0.1, -0.05) is 200 Å². The van der Waals surface area contributed by atoms with Crippen molar-refractivity contribution in [1.29, 1.82) is 0 Å². The molecule has 354 valence electrons. The van der Waals surface area contributed by atoms with Gasteiger partial charge in [0.1, 0.15) is 22.3 Å². The van der Waals surface area contributed by atoms with Gasteiger partial charge in [0.15, 0.2) is 17.5 Å². The van der Waals surface area contributed by atoms with Gasteiger partial charge in [0.05, 0.1) is 11.0 Å². The first-order chi connectivity index (χ1) is 37.7. The van der Waals surface area contributed by atoms with Crippen LogP contribution < -0.4 is 0 Å². The second kappa shape index (κ2) is 16.6. The topological polar surface area (TPSA) is 65.0 Å². The molecule has 76 heavy (non-hydrogen) atoms. The molecular weight excluding hydrogens is 947 g/mol. The third kappa shape index (κ3) is 6.35. The molecule has 0 bridgehead atoms. The molecule has 0 saturated heterocycles. The molecule has 6 heteroatoms. The van der Waals surface area contributed by atoms with Crippen LogP contribution in [0.4, 0.5) is 0 Å². The normalized spacial score (nSPS) is 12.8. The summed E-state index contributed by atoms with van der Waals surface area (Å²) in [5.74, 6) is 1.67. The van der Waals surface area contributed by atoms with E-state index in [1.807, 2.05) is 36.4 Å². The Labute approximate surface area is 440 Å². The van der Waals surface area contributed by atoms with E-state index in [1.54, 1.807) is 11.3 Å². The molecule has 4 aromatic heterocycles. The number of furan rings is 2. The number of fused-ring (bicyclic) bond motifs is 12. The molecule has 0 atom stereocenters. The number of hydrogen-bond donors (Lipinski definition) is 0. The largest absolute Gasteiger partial charge is 0.456 e. The first-order valence-electron chi connectivity index (χ1n) is 25.6. The van der Waals surface area contributed by atoms with Gasteiger partial charge in [0.2, 0.25) is 0 Å². The van der Waals surface area contributed by atoms with Crippen LogP contribution in [-0.4, -0.2) is 15.0 Å². The summed E-state index contributed by atoms with van der Waals surface area (Å²) in [5.41, 5.74) is 17.4. The number of aromatic nitrogens is 3. The highest BCUT2D eigenvalue weighted by Crippen LogP contribution is 2.57. The highest BCUT2D eigenvalue weighted by atomic mass is 32.1. The Kier molecular flexibility index (Phi) is 9.35. The van der Waals surface area contributed by atoms with E-state index in [4.69, 9.17) is 23.8 Å². The zero-order chi connectivity index (χ0) is 49.9. The first kappa shape index (κ1) is 42.7. The molecule has 5 nitrogen and oxygen atoms in total. The predicted octanol–water partition coefficient (Wildman–Crippen LogP) is 18.7. The van der Waals surface area contributed by atoms with E-state index < -0.39 is 5.41 Å². The van der Waals surface area contributed by atoms with Crippen molar-refractivity contribution in [3.63, 3.8) is 0 Å². The number of thiophene rings is 1. The monoisotopic (exact) mass is 987 g/mol. The van der Waals surface area contributed by atoms with Gasteiger partial charge < -0.3 is 8.83 Å². The van der Waals surface area contributed by atoms with Gasteiger partial charge in [-0.05, 0) is 104 Å². The average Bonchev–Trinajstić information content (AvgIpc) is 4.39. The molecular formula is C70H41N3O2S. The van der Waals surface area contributed by atoms with E-state index in [9.17, 15) is 0 Å². The van der Waals surface area contributed by atoms with Gasteiger partial charge in [0.25, 0.3) is 0 Å². The molecule has 16 rings (SSSR count). The standard InChI is InChI=1S/C70H41N3O2S/c1-3-16-46(17-4-1)70(47-18-5-2-6-19-47)57-27-10-7-20-48(57)49-38-36-45(41-58(49)70)43-34-32-42(33-35-43)44-37-39-60-56(40-44)64-53(24-14-29-61(64)74-60)67-71-68(54-25-15-31-63-65(54)52-22-9-12-30-62(52)76-63)73-69(72-67)55-26-13-23-51-50-21-8-11-28-59(50)75-66(51)55/h1-41H. The van der Waals surface area contributed by atoms with Crippen LogP contribution in [0.15, 0.2) is 258 Å². The summed E-state index contributed by atoms with van der Waals surface area (Å²) in [5, 5.41) is 6.29. The van der Waals surface area contributed by atoms with Crippen molar-refractivity contribution < 1.29 is 8.83 Å². The van der Waals surface area contributed by atoms with Gasteiger partial charge in [-0.15, -0.1) is 11.3 Å². The summed E-state index contributed by atoms with van der Waals surface area (Å²) in [6, 6.07) is 88.8. The van der Waals surface area contributed by atoms with Crippen LogP contribution in [-0.2, 0) is 5.41 Å². The minimum Gasteiger partial charge on any atom is -0.456 e. The molecule has 0 amide bonds. The fourth-order valence-corrected chi connectivity index (χ4v) is 13.4. The third-order valence-electron chi connectivity index (χ3n) is 15.7. The summed E-state index contributed by atoms with van der Waals surface area (Å²) in [4.78, 5) is 16.1. The lowest BCUT2D eigenvalue weighted by Crippen LogP contribution is -2.28. The first-order valence-corrected chi connectivity index (χ1v) is 26.5. The smallest absolute Gasteiger partial charge is 0.167 e. The van der Waals surface area contributed by atoms with Gasteiger partial charge in [-0.25, -0.2) is 15.0 Å². The number of hydrogen-bond acceptors (Lipinski definition) is 6. The Morgan fingerprint density at radius 2 is 0.816 bits per heavy atom. The molecule has 0 aliphatic heterocycles. The van der Waals surface area contributed by atoms with Gasteiger partial charge in [-0.2, -0.15) is 0 Å². The minimum absolute atomic E-state index is 0.466. The Morgan fingerprint density at radius 3 is 1.59 bits per heavy atom. The Morgan fingerprint density at radius 1 is 0.303 bits per heavy atom. The van der Waals surface area contributed by atoms with Crippen molar-refractivity contribution in [2.75, 3.05) is 0 Å². The maximum Gasteiger partial charge on any atom is 0.167 e. The molecule has 0 radical (unpaired) electrons. The Hall–Kier alpha value is -9.75. The number of benzene rings is 11. The second-order valence-corrected chi connectivity index (χ2v) is 20.8. The quantitative estimate of drug-likeness (QED) is 0.159. The van der Waals surface area contributed by atoms with Crippen molar-refractivity contribution in [3.8, 4) is 67.5 Å². The van der Waals surface area contributed by atoms with E-state index in [0.717, 1.165) is 82.6 Å². The molecule has 0 fully saturated rings. The summed E-state index contributed by atoms with van der Waals surface area (Å²) < 4.78 is 15.7. The highest BCUT2D eigenvalue weighted by molar-refractivity contribution is 7.25. The number of rotatable bonds is 7. The van der Waals surface area contributed by atoms with E-state index in [0.29, 0.717) is 17.5 Å². The Balaban J connectivity index is 0.832. The fraction of sp³-hybridized carbons (Fsp3) is 0.0143. The van der Waals surface area contributed by atoms with Crippen LogP contribution in [0.2, 0.25) is 0 Å². The van der Waals surface area contributed by atoms with Crippen LogP contribution in [0.5, 0.6) is 0 Å². The molecule has 0 unspecified atom stereocenters. The Bertz CT molecular complexity index is 4780. The predicted molar refractivity (Wildman–Crippen MR) is 312 cm³/mol. The summed E-state index contributed by atoms with van der Waals surface area (Å²) in [6.45, 7) is 0. The second-order valence-electron chi connectivity index (χ2n) is 19.7. The highest BCUT2D eigenvalue weighted by Gasteiger charge is 2.46. The number of nitrogens with zero attached hydrogens (tertiary/aromatic N) is 3. The van der Waals surface area contributed by atoms with Crippen molar-refractivity contribution in [2.45, 2.75) is 5.41 Å². The molecule has 1 aliphatic carbocycles. The third-order valence-corrected chi connectivity index (χ3v) is 16.8. The zero-order valence-electron chi connectivity index (χ0n) is 40.7. The molecule has 11 aromatic carbocycles.